The van der Waals surface area contributed by atoms with Gasteiger partial charge >= 0.3 is 0 Å². The van der Waals surface area contributed by atoms with Crippen molar-refractivity contribution in [3.05, 3.63) is 36.0 Å². The molecule has 0 aliphatic carbocycles. The molecule has 2 heteroatoms. The van der Waals surface area contributed by atoms with Crippen LogP contribution in [0.4, 0.5) is 0 Å². The Morgan fingerprint density at radius 2 is 1.73 bits per heavy atom. The molecule has 0 saturated heterocycles. The Bertz CT molecular complexity index is 260. The Kier molecular flexibility index (Phi) is 9.95. The van der Waals surface area contributed by atoms with Crippen LogP contribution in [0.2, 0.25) is 0 Å². The van der Waals surface area contributed by atoms with Crippen LogP contribution >= 0.6 is 0 Å². The molecular weight excluding hydrogens is 186 g/mol. The van der Waals surface area contributed by atoms with Gasteiger partial charge in [0.15, 0.2) is 0 Å². The Hall–Kier alpha value is -1.31. The lowest BCUT2D eigenvalue weighted by atomic mass is 10.1. The quantitative estimate of drug-likeness (QED) is 0.516. The highest BCUT2D eigenvalue weighted by Gasteiger charge is 2.11. The van der Waals surface area contributed by atoms with Crippen LogP contribution in [0.3, 0.4) is 0 Å². The molecule has 0 fully saturated rings. The van der Waals surface area contributed by atoms with Gasteiger partial charge in [-0.2, -0.15) is 0 Å². The molecule has 0 spiro atoms. The van der Waals surface area contributed by atoms with Gasteiger partial charge < -0.3 is 4.90 Å². The summed E-state index contributed by atoms with van der Waals surface area (Å²) in [5.74, 6) is 0.0260. The summed E-state index contributed by atoms with van der Waals surface area (Å²) in [4.78, 5) is 13.1. The minimum Gasteiger partial charge on any atom is -0.345 e. The molecule has 0 atom stereocenters. The van der Waals surface area contributed by atoms with Crippen LogP contribution in [-0.4, -0.2) is 24.9 Å². The molecule has 2 nitrogen and oxygen atoms in total. The van der Waals surface area contributed by atoms with Gasteiger partial charge in [0.2, 0.25) is 0 Å². The van der Waals surface area contributed by atoms with E-state index in [9.17, 15) is 4.79 Å². The van der Waals surface area contributed by atoms with Gasteiger partial charge in [0, 0.05) is 19.7 Å². The van der Waals surface area contributed by atoms with Crippen molar-refractivity contribution < 1.29 is 4.79 Å². The van der Waals surface area contributed by atoms with Crippen molar-refractivity contribution >= 4 is 5.91 Å². The monoisotopic (exact) mass is 209 g/mol. The molecule has 0 aliphatic heterocycles. The summed E-state index contributed by atoms with van der Waals surface area (Å²) in [6.07, 6.45) is 5.33. The van der Waals surface area contributed by atoms with E-state index in [1.807, 2.05) is 39.8 Å². The smallest absolute Gasteiger partial charge is 0.253 e. The summed E-state index contributed by atoms with van der Waals surface area (Å²) >= 11 is 0. The fraction of sp³-hybridized carbons (Fsp3) is 0.462. The number of allylic oxidation sites excluding steroid dienone is 3. The lowest BCUT2D eigenvalue weighted by Gasteiger charge is -2.13. The average Bonchev–Trinajstić information content (AvgIpc) is 2.22. The molecule has 0 bridgehead atoms. The van der Waals surface area contributed by atoms with Gasteiger partial charge in [0.1, 0.15) is 0 Å². The first kappa shape index (κ1) is 16.1. The van der Waals surface area contributed by atoms with Gasteiger partial charge in [-0.1, -0.05) is 38.7 Å². The summed E-state index contributed by atoms with van der Waals surface area (Å²) in [5, 5.41) is 0. The molecule has 0 aromatic carbocycles. The van der Waals surface area contributed by atoms with Crippen LogP contribution in [0.15, 0.2) is 36.0 Å². The van der Waals surface area contributed by atoms with Crippen LogP contribution in [0, 0.1) is 0 Å². The molecule has 86 valence electrons. The maximum atomic E-state index is 11.6. The van der Waals surface area contributed by atoms with Crippen LogP contribution in [0.5, 0.6) is 0 Å². The zero-order valence-corrected chi connectivity index (χ0v) is 10.8. The van der Waals surface area contributed by atoms with Crippen molar-refractivity contribution in [2.75, 3.05) is 14.1 Å². The van der Waals surface area contributed by atoms with Crippen molar-refractivity contribution in [1.29, 1.82) is 0 Å². The number of carbonyl (C=O) groups is 1. The van der Waals surface area contributed by atoms with E-state index in [0.717, 1.165) is 11.1 Å². The Balaban J connectivity index is 0. The van der Waals surface area contributed by atoms with E-state index in [-0.39, 0.29) is 5.91 Å². The molecule has 0 aliphatic rings. The van der Waals surface area contributed by atoms with Crippen LogP contribution in [-0.2, 0) is 4.79 Å². The van der Waals surface area contributed by atoms with Crippen molar-refractivity contribution in [2.45, 2.75) is 27.7 Å². The van der Waals surface area contributed by atoms with Gasteiger partial charge in [-0.25, -0.2) is 0 Å². The van der Waals surface area contributed by atoms with E-state index >= 15 is 0 Å². The SMILES string of the molecule is C=C/C=C(C)\C(=C/C)C(=O)N(C)C.CC. The first-order valence-corrected chi connectivity index (χ1v) is 5.22. The lowest BCUT2D eigenvalue weighted by molar-refractivity contribution is -0.124. The van der Waals surface area contributed by atoms with E-state index in [2.05, 4.69) is 6.58 Å². The minimum absolute atomic E-state index is 0.0260. The third kappa shape index (κ3) is 5.89. The highest BCUT2D eigenvalue weighted by Crippen LogP contribution is 2.11. The fourth-order valence-electron chi connectivity index (χ4n) is 1.03. The third-order valence-corrected chi connectivity index (χ3v) is 1.72. The normalized spacial score (nSPS) is 11.3. The number of carbonyl (C=O) groups excluding carboxylic acids is 1. The van der Waals surface area contributed by atoms with Gasteiger partial charge in [-0.05, 0) is 19.4 Å². The predicted octanol–water partition coefficient (Wildman–Crippen LogP) is 3.18. The van der Waals surface area contributed by atoms with E-state index < -0.39 is 0 Å². The average molecular weight is 209 g/mol. The van der Waals surface area contributed by atoms with Gasteiger partial charge in [-0.3, -0.25) is 4.79 Å². The molecule has 0 aromatic rings. The predicted molar refractivity (Wildman–Crippen MR) is 67.8 cm³/mol. The summed E-state index contributed by atoms with van der Waals surface area (Å²) in [7, 11) is 3.49. The van der Waals surface area contributed by atoms with Gasteiger partial charge in [-0.15, -0.1) is 0 Å². The van der Waals surface area contributed by atoms with Crippen molar-refractivity contribution in [2.24, 2.45) is 0 Å². The Morgan fingerprint density at radius 3 is 2.00 bits per heavy atom. The van der Waals surface area contributed by atoms with Crippen molar-refractivity contribution in [3.63, 3.8) is 0 Å². The molecule has 0 rings (SSSR count). The minimum atomic E-state index is 0.0260. The molecule has 0 saturated carbocycles. The topological polar surface area (TPSA) is 20.3 Å². The van der Waals surface area contributed by atoms with E-state index in [1.54, 1.807) is 25.1 Å². The van der Waals surface area contributed by atoms with Crippen LogP contribution < -0.4 is 0 Å². The molecule has 15 heavy (non-hydrogen) atoms. The number of likely N-dealkylation sites (N-methyl/N-ethyl adjacent to an activating group) is 1. The summed E-state index contributed by atoms with van der Waals surface area (Å²) in [6.45, 7) is 11.4. The van der Waals surface area contributed by atoms with E-state index in [4.69, 9.17) is 0 Å². The molecule has 0 heterocycles. The maximum Gasteiger partial charge on any atom is 0.253 e. The van der Waals surface area contributed by atoms with Gasteiger partial charge in [0.25, 0.3) is 5.91 Å². The number of amides is 1. The first-order valence-electron chi connectivity index (χ1n) is 5.22. The molecule has 1 amide bonds. The standard InChI is InChI=1S/C11H17NO.C2H6/c1-6-8-9(3)10(7-2)11(13)12(4)5;1-2/h6-8H,1H2,2-5H3;1-2H3/b9-8-,10-7+;. The van der Waals surface area contributed by atoms with Crippen molar-refractivity contribution in [3.8, 4) is 0 Å². The summed E-state index contributed by atoms with van der Waals surface area (Å²) < 4.78 is 0. The zero-order valence-electron chi connectivity index (χ0n) is 10.8. The molecule has 0 unspecified atom stereocenters. The second kappa shape index (κ2) is 9.25. The first-order chi connectivity index (χ1) is 7.04. The number of hydrogen-bond donors (Lipinski definition) is 0. The number of nitrogens with zero attached hydrogens (tertiary/aromatic N) is 1. The molecular formula is C13H23NO. The summed E-state index contributed by atoms with van der Waals surface area (Å²) in [6, 6.07) is 0. The second-order valence-electron chi connectivity index (χ2n) is 2.99. The van der Waals surface area contributed by atoms with Gasteiger partial charge in [0.05, 0.1) is 0 Å². The second-order valence-corrected chi connectivity index (χ2v) is 2.99. The number of hydrogen-bond acceptors (Lipinski definition) is 1. The zero-order chi connectivity index (χ0) is 12.4. The third-order valence-electron chi connectivity index (χ3n) is 1.72. The highest BCUT2D eigenvalue weighted by atomic mass is 16.2. The Labute approximate surface area is 94.0 Å². The largest absolute Gasteiger partial charge is 0.345 e. The Morgan fingerprint density at radius 1 is 1.27 bits per heavy atom. The maximum absolute atomic E-state index is 11.6. The number of rotatable bonds is 3. The van der Waals surface area contributed by atoms with Crippen LogP contribution in [0.1, 0.15) is 27.7 Å². The van der Waals surface area contributed by atoms with E-state index in [0.29, 0.717) is 0 Å². The molecule has 0 radical (unpaired) electrons. The molecule has 0 aromatic heterocycles. The molecule has 0 N–H and O–H groups in total. The van der Waals surface area contributed by atoms with Crippen molar-refractivity contribution in [1.82, 2.24) is 4.90 Å². The van der Waals surface area contributed by atoms with Crippen LogP contribution in [0.25, 0.3) is 0 Å². The highest BCUT2D eigenvalue weighted by molar-refractivity contribution is 5.97. The fourth-order valence-corrected chi connectivity index (χ4v) is 1.03. The lowest BCUT2D eigenvalue weighted by Crippen LogP contribution is -2.23. The summed E-state index contributed by atoms with van der Waals surface area (Å²) in [5.41, 5.74) is 1.67. The van der Waals surface area contributed by atoms with E-state index in [1.165, 1.54) is 0 Å².